The number of carbonyl (C=O) groups excluding carboxylic acids is 1. The van der Waals surface area contributed by atoms with Crippen LogP contribution in [0.1, 0.15) is 37.8 Å². The zero-order chi connectivity index (χ0) is 17.2. The molecule has 0 heterocycles. The minimum Gasteiger partial charge on any atom is -0.354 e. The molecule has 0 spiro atoms. The van der Waals surface area contributed by atoms with Crippen molar-refractivity contribution >= 4 is 15.9 Å². The van der Waals surface area contributed by atoms with E-state index in [-0.39, 0.29) is 16.7 Å². The van der Waals surface area contributed by atoms with E-state index < -0.39 is 16.1 Å². The van der Waals surface area contributed by atoms with Crippen molar-refractivity contribution in [2.75, 3.05) is 6.54 Å². The highest BCUT2D eigenvalue weighted by Gasteiger charge is 2.30. The highest BCUT2D eigenvalue weighted by molar-refractivity contribution is 7.89. The fourth-order valence-electron chi connectivity index (χ4n) is 2.29. The summed E-state index contributed by atoms with van der Waals surface area (Å²) < 4.78 is 27.7. The average molecular weight is 338 g/mol. The van der Waals surface area contributed by atoms with Crippen LogP contribution < -0.4 is 10.0 Å². The number of sulfonamides is 1. The summed E-state index contributed by atoms with van der Waals surface area (Å²) in [6.45, 7) is 8.11. The van der Waals surface area contributed by atoms with Crippen molar-refractivity contribution in [1.82, 2.24) is 10.0 Å². The topological polar surface area (TPSA) is 75.3 Å². The standard InChI is InChI=1S/C17H26N2O3S/c1-11(2)16(17(20)18-10-14-6-7-14)19-23(21,22)15-8-5-12(3)13(4)9-15/h5,8-9,11,14,16,19H,6-7,10H2,1-4H3,(H,18,20)/t16-/m0/s1. The minimum absolute atomic E-state index is 0.129. The Morgan fingerprint density at radius 1 is 1.22 bits per heavy atom. The molecule has 1 aliphatic carbocycles. The molecule has 1 aromatic carbocycles. The number of hydrogen-bond acceptors (Lipinski definition) is 3. The molecule has 1 atom stereocenters. The molecule has 0 aliphatic heterocycles. The van der Waals surface area contributed by atoms with Crippen molar-refractivity contribution in [2.45, 2.75) is 51.5 Å². The predicted octanol–water partition coefficient (Wildman–Crippen LogP) is 2.13. The highest BCUT2D eigenvalue weighted by atomic mass is 32.2. The van der Waals surface area contributed by atoms with E-state index >= 15 is 0 Å². The van der Waals surface area contributed by atoms with E-state index in [0.717, 1.165) is 24.0 Å². The lowest BCUT2D eigenvalue weighted by Gasteiger charge is -2.22. The molecule has 0 aromatic heterocycles. The molecule has 5 nitrogen and oxygen atoms in total. The SMILES string of the molecule is Cc1ccc(S(=O)(=O)N[C@H](C(=O)NCC2CC2)C(C)C)cc1C. The van der Waals surface area contributed by atoms with Crippen LogP contribution in [-0.4, -0.2) is 26.9 Å². The van der Waals surface area contributed by atoms with Gasteiger partial charge < -0.3 is 5.32 Å². The summed E-state index contributed by atoms with van der Waals surface area (Å²) in [5.74, 6) is 0.179. The van der Waals surface area contributed by atoms with E-state index in [2.05, 4.69) is 10.0 Å². The molecule has 1 aromatic rings. The fourth-order valence-corrected chi connectivity index (χ4v) is 3.71. The molecule has 1 amide bonds. The Morgan fingerprint density at radius 3 is 2.39 bits per heavy atom. The Labute approximate surface area is 138 Å². The summed E-state index contributed by atoms with van der Waals surface area (Å²) in [6, 6.07) is 4.23. The summed E-state index contributed by atoms with van der Waals surface area (Å²) in [7, 11) is -3.72. The Kier molecular flexibility index (Phi) is 5.47. The first-order valence-electron chi connectivity index (χ1n) is 8.08. The molecule has 2 N–H and O–H groups in total. The molecule has 0 unspecified atom stereocenters. The lowest BCUT2D eigenvalue weighted by molar-refractivity contribution is -0.123. The zero-order valence-electron chi connectivity index (χ0n) is 14.2. The first-order valence-corrected chi connectivity index (χ1v) is 9.56. The first-order chi connectivity index (χ1) is 10.7. The van der Waals surface area contributed by atoms with E-state index in [1.807, 2.05) is 27.7 Å². The van der Waals surface area contributed by atoms with Crippen LogP contribution in [0.2, 0.25) is 0 Å². The lowest BCUT2D eigenvalue weighted by atomic mass is 10.1. The molecule has 128 valence electrons. The van der Waals surface area contributed by atoms with Gasteiger partial charge >= 0.3 is 0 Å². The van der Waals surface area contributed by atoms with Crippen LogP contribution in [0.4, 0.5) is 0 Å². The van der Waals surface area contributed by atoms with Crippen LogP contribution in [0.15, 0.2) is 23.1 Å². The van der Waals surface area contributed by atoms with E-state index in [9.17, 15) is 13.2 Å². The fraction of sp³-hybridized carbons (Fsp3) is 0.588. The molecule has 1 aliphatic rings. The molecule has 6 heteroatoms. The number of carbonyl (C=O) groups is 1. The maximum absolute atomic E-state index is 12.6. The van der Waals surface area contributed by atoms with Gasteiger partial charge in [0.2, 0.25) is 15.9 Å². The van der Waals surface area contributed by atoms with Crippen molar-refractivity contribution in [3.05, 3.63) is 29.3 Å². The lowest BCUT2D eigenvalue weighted by Crippen LogP contribution is -2.49. The molecule has 0 saturated heterocycles. The number of hydrogen-bond donors (Lipinski definition) is 2. The van der Waals surface area contributed by atoms with Crippen LogP contribution >= 0.6 is 0 Å². The summed E-state index contributed by atoms with van der Waals surface area (Å²) in [5.41, 5.74) is 1.94. The molecule has 0 bridgehead atoms. The van der Waals surface area contributed by atoms with Crippen LogP contribution in [0.5, 0.6) is 0 Å². The Bertz CT molecular complexity index is 679. The maximum atomic E-state index is 12.6. The van der Waals surface area contributed by atoms with E-state index in [1.165, 1.54) is 0 Å². The number of amides is 1. The Morgan fingerprint density at radius 2 is 1.87 bits per heavy atom. The molecule has 23 heavy (non-hydrogen) atoms. The molecule has 1 saturated carbocycles. The van der Waals surface area contributed by atoms with Gasteiger partial charge in [0.05, 0.1) is 4.90 Å². The van der Waals surface area contributed by atoms with Crippen molar-refractivity contribution in [3.8, 4) is 0 Å². The highest BCUT2D eigenvalue weighted by Crippen LogP contribution is 2.27. The summed E-state index contributed by atoms with van der Waals surface area (Å²) >= 11 is 0. The van der Waals surface area contributed by atoms with Gasteiger partial charge in [0, 0.05) is 6.54 Å². The van der Waals surface area contributed by atoms with Gasteiger partial charge in [0.1, 0.15) is 6.04 Å². The van der Waals surface area contributed by atoms with Gasteiger partial charge in [-0.15, -0.1) is 0 Å². The van der Waals surface area contributed by atoms with E-state index in [0.29, 0.717) is 12.5 Å². The Balaban J connectivity index is 2.13. The molecule has 0 radical (unpaired) electrons. The number of aryl methyl sites for hydroxylation is 2. The summed E-state index contributed by atoms with van der Waals surface area (Å²) in [4.78, 5) is 12.5. The van der Waals surface area contributed by atoms with Crippen molar-refractivity contribution in [3.63, 3.8) is 0 Å². The smallest absolute Gasteiger partial charge is 0.241 e. The van der Waals surface area contributed by atoms with E-state index in [4.69, 9.17) is 0 Å². The van der Waals surface area contributed by atoms with Crippen molar-refractivity contribution < 1.29 is 13.2 Å². The van der Waals surface area contributed by atoms with Gasteiger partial charge in [-0.1, -0.05) is 19.9 Å². The molecular weight excluding hydrogens is 312 g/mol. The van der Waals surface area contributed by atoms with Crippen LogP contribution in [0, 0.1) is 25.7 Å². The van der Waals surface area contributed by atoms with Gasteiger partial charge in [0.15, 0.2) is 0 Å². The van der Waals surface area contributed by atoms with Gasteiger partial charge in [0.25, 0.3) is 0 Å². The van der Waals surface area contributed by atoms with Crippen LogP contribution in [0.3, 0.4) is 0 Å². The van der Waals surface area contributed by atoms with Crippen LogP contribution in [-0.2, 0) is 14.8 Å². The third-order valence-electron chi connectivity index (χ3n) is 4.28. The number of benzene rings is 1. The third-order valence-corrected chi connectivity index (χ3v) is 5.72. The Hall–Kier alpha value is -1.40. The second-order valence-electron chi connectivity index (χ2n) is 6.78. The monoisotopic (exact) mass is 338 g/mol. The maximum Gasteiger partial charge on any atom is 0.241 e. The van der Waals surface area contributed by atoms with Gasteiger partial charge in [-0.2, -0.15) is 4.72 Å². The zero-order valence-corrected chi connectivity index (χ0v) is 15.0. The largest absolute Gasteiger partial charge is 0.354 e. The average Bonchev–Trinajstić information content (AvgIpc) is 3.29. The predicted molar refractivity (Wildman–Crippen MR) is 90.6 cm³/mol. The molecule has 2 rings (SSSR count). The van der Waals surface area contributed by atoms with Gasteiger partial charge in [-0.3, -0.25) is 4.79 Å². The number of nitrogens with one attached hydrogen (secondary N) is 2. The second kappa shape index (κ2) is 7.01. The normalized spacial score (nSPS) is 16.4. The van der Waals surface area contributed by atoms with Gasteiger partial charge in [-0.25, -0.2) is 8.42 Å². The van der Waals surface area contributed by atoms with Crippen molar-refractivity contribution in [1.29, 1.82) is 0 Å². The first kappa shape index (κ1) is 17.9. The molecular formula is C17H26N2O3S. The quantitative estimate of drug-likeness (QED) is 0.800. The summed E-state index contributed by atoms with van der Waals surface area (Å²) in [5, 5.41) is 2.85. The summed E-state index contributed by atoms with van der Waals surface area (Å²) in [6.07, 6.45) is 2.28. The van der Waals surface area contributed by atoms with Crippen LogP contribution in [0.25, 0.3) is 0 Å². The number of rotatable bonds is 7. The van der Waals surface area contributed by atoms with Crippen molar-refractivity contribution in [2.24, 2.45) is 11.8 Å². The van der Waals surface area contributed by atoms with Gasteiger partial charge in [-0.05, 0) is 61.8 Å². The molecule has 1 fully saturated rings. The van der Waals surface area contributed by atoms with E-state index in [1.54, 1.807) is 18.2 Å². The third kappa shape index (κ3) is 4.78. The second-order valence-corrected chi connectivity index (χ2v) is 8.49. The minimum atomic E-state index is -3.72.